The summed E-state index contributed by atoms with van der Waals surface area (Å²) in [5.41, 5.74) is 2.09. The lowest BCUT2D eigenvalue weighted by Gasteiger charge is -2.06. The Balaban J connectivity index is 1.86. The van der Waals surface area contributed by atoms with Gasteiger partial charge in [0.1, 0.15) is 0 Å². The molecule has 1 heterocycles. The normalized spacial score (nSPS) is 10.4. The summed E-state index contributed by atoms with van der Waals surface area (Å²) < 4.78 is 0. The van der Waals surface area contributed by atoms with Crippen LogP contribution < -0.4 is 5.32 Å². The highest BCUT2D eigenvalue weighted by atomic mass is 32.1. The number of anilines is 1. The van der Waals surface area contributed by atoms with Gasteiger partial charge in [0.2, 0.25) is 5.91 Å². The molecule has 0 atom stereocenters. The van der Waals surface area contributed by atoms with Crippen LogP contribution in [0.3, 0.4) is 0 Å². The molecule has 1 aromatic heterocycles. The molecule has 2 aromatic rings. The highest BCUT2D eigenvalue weighted by molar-refractivity contribution is 7.81. The van der Waals surface area contributed by atoms with Gasteiger partial charge in [-0.3, -0.25) is 14.6 Å². The number of para-hydroxylation sites is 1. The number of allylic oxidation sites excluding steroid dienone is 1. The van der Waals surface area contributed by atoms with Gasteiger partial charge < -0.3 is 5.32 Å². The van der Waals surface area contributed by atoms with Gasteiger partial charge in [0.15, 0.2) is 5.78 Å². The number of carbonyl (C=O) groups excluding carboxylic acids is 2. The molecule has 22 heavy (non-hydrogen) atoms. The predicted molar refractivity (Wildman–Crippen MR) is 92.2 cm³/mol. The highest BCUT2D eigenvalue weighted by Gasteiger charge is 2.07. The van der Waals surface area contributed by atoms with Crippen molar-refractivity contribution in [1.82, 2.24) is 4.98 Å². The fraction of sp³-hybridized carbons (Fsp3) is 0.235. The Morgan fingerprint density at radius 2 is 2.00 bits per heavy atom. The lowest BCUT2D eigenvalue weighted by atomic mass is 10.1. The minimum atomic E-state index is -0.0943. The van der Waals surface area contributed by atoms with Crippen LogP contribution >= 0.6 is 12.6 Å². The van der Waals surface area contributed by atoms with Crippen molar-refractivity contribution < 1.29 is 9.59 Å². The third kappa shape index (κ3) is 4.43. The van der Waals surface area contributed by atoms with Crippen LogP contribution in [-0.2, 0) is 9.59 Å². The molecular formula is C17H18N2O2S. The van der Waals surface area contributed by atoms with Crippen LogP contribution in [0, 0.1) is 0 Å². The average Bonchev–Trinajstić information content (AvgIpc) is 2.53. The Labute approximate surface area is 135 Å². The fourth-order valence-corrected chi connectivity index (χ4v) is 2.30. The fourth-order valence-electron chi connectivity index (χ4n) is 2.08. The van der Waals surface area contributed by atoms with Gasteiger partial charge in [0.05, 0.1) is 23.2 Å². The monoisotopic (exact) mass is 314 g/mol. The first-order valence-corrected chi connectivity index (χ1v) is 7.70. The van der Waals surface area contributed by atoms with Crippen LogP contribution in [0.5, 0.6) is 0 Å². The predicted octanol–water partition coefficient (Wildman–Crippen LogP) is 3.40. The summed E-state index contributed by atoms with van der Waals surface area (Å²) in [4.78, 5) is 27.5. The maximum absolute atomic E-state index is 11.9. The van der Waals surface area contributed by atoms with Crippen molar-refractivity contribution in [3.05, 3.63) is 48.7 Å². The topological polar surface area (TPSA) is 59.1 Å². The second kappa shape index (κ2) is 7.75. The molecule has 0 fully saturated rings. The molecule has 0 aliphatic heterocycles. The van der Waals surface area contributed by atoms with Crippen LogP contribution in [0.15, 0.2) is 48.7 Å². The van der Waals surface area contributed by atoms with E-state index >= 15 is 0 Å². The smallest absolute Gasteiger partial charge is 0.224 e. The van der Waals surface area contributed by atoms with Crippen LogP contribution in [0.4, 0.5) is 5.69 Å². The molecule has 114 valence electrons. The van der Waals surface area contributed by atoms with Crippen molar-refractivity contribution in [2.45, 2.75) is 19.3 Å². The molecule has 1 N–H and O–H groups in total. The lowest BCUT2D eigenvalue weighted by Crippen LogP contribution is -2.12. The van der Waals surface area contributed by atoms with E-state index in [1.54, 1.807) is 6.20 Å². The molecule has 4 nitrogen and oxygen atoms in total. The van der Waals surface area contributed by atoms with Crippen LogP contribution in [0.2, 0.25) is 0 Å². The van der Waals surface area contributed by atoms with Crippen molar-refractivity contribution in [3.63, 3.8) is 0 Å². The van der Waals surface area contributed by atoms with E-state index in [2.05, 4.69) is 29.5 Å². The number of carbonyl (C=O) groups is 2. The van der Waals surface area contributed by atoms with E-state index in [0.29, 0.717) is 30.5 Å². The molecule has 0 radical (unpaired) electrons. The molecule has 1 aromatic carbocycles. The number of nitrogens with zero attached hydrogens (tertiary/aromatic N) is 1. The molecular weight excluding hydrogens is 296 g/mol. The number of Topliss-reactive ketones (excluding diaryl/α,β-unsaturated/α-hetero) is 1. The molecule has 0 bridgehead atoms. The lowest BCUT2D eigenvalue weighted by molar-refractivity contribution is -0.116. The van der Waals surface area contributed by atoms with Gasteiger partial charge in [0, 0.05) is 11.8 Å². The first-order chi connectivity index (χ1) is 10.6. The molecule has 0 saturated heterocycles. The van der Waals surface area contributed by atoms with E-state index in [9.17, 15) is 9.59 Å². The zero-order valence-corrected chi connectivity index (χ0v) is 13.1. The van der Waals surface area contributed by atoms with Gasteiger partial charge in [-0.25, -0.2) is 0 Å². The number of thiol groups is 1. The number of ketones is 1. The minimum Gasteiger partial charge on any atom is -0.325 e. The Hall–Kier alpha value is -2.14. The molecule has 2 rings (SSSR count). The molecule has 0 spiro atoms. The molecule has 1 amide bonds. The third-order valence-electron chi connectivity index (χ3n) is 3.29. The van der Waals surface area contributed by atoms with Gasteiger partial charge in [-0.05, 0) is 30.5 Å². The summed E-state index contributed by atoms with van der Waals surface area (Å²) in [7, 11) is 0. The Morgan fingerprint density at radius 3 is 2.77 bits per heavy atom. The molecule has 0 aliphatic carbocycles. The number of hydrogen-bond donors (Lipinski definition) is 2. The van der Waals surface area contributed by atoms with E-state index in [4.69, 9.17) is 0 Å². The number of benzene rings is 1. The van der Waals surface area contributed by atoms with Crippen molar-refractivity contribution in [3.8, 4) is 0 Å². The van der Waals surface area contributed by atoms with Crippen molar-refractivity contribution >= 4 is 40.9 Å². The summed E-state index contributed by atoms with van der Waals surface area (Å²) in [5.74, 6) is -0.000908. The standard InChI is InChI=1S/C17H18N2O2S/c1-12(16(20)11-22)5-4-8-17(21)19-14-9-13-6-2-3-7-15(13)18-10-14/h2-3,6-7,9-10,22H,1,4-5,8,11H2,(H,19,21). The number of hydrogen-bond acceptors (Lipinski definition) is 4. The van der Waals surface area contributed by atoms with Crippen molar-refractivity contribution in [1.29, 1.82) is 0 Å². The number of aromatic nitrogens is 1. The van der Waals surface area contributed by atoms with Crippen molar-refractivity contribution in [2.24, 2.45) is 0 Å². The molecule has 0 aliphatic rings. The van der Waals surface area contributed by atoms with Gasteiger partial charge in [-0.1, -0.05) is 24.8 Å². The minimum absolute atomic E-state index is 0.0672. The maximum atomic E-state index is 11.9. The number of amides is 1. The maximum Gasteiger partial charge on any atom is 0.224 e. The van der Waals surface area contributed by atoms with Crippen LogP contribution in [0.1, 0.15) is 19.3 Å². The third-order valence-corrected chi connectivity index (χ3v) is 3.58. The van der Waals surface area contributed by atoms with Gasteiger partial charge in [0.25, 0.3) is 0 Å². The number of pyridine rings is 1. The average molecular weight is 314 g/mol. The summed E-state index contributed by atoms with van der Waals surface area (Å²) >= 11 is 3.92. The second-order valence-electron chi connectivity index (χ2n) is 5.00. The Morgan fingerprint density at radius 1 is 1.23 bits per heavy atom. The SMILES string of the molecule is C=C(CCCC(=O)Nc1cnc2ccccc2c1)C(=O)CS. The van der Waals surface area contributed by atoms with E-state index in [-0.39, 0.29) is 17.4 Å². The van der Waals surface area contributed by atoms with E-state index in [0.717, 1.165) is 10.9 Å². The summed E-state index contributed by atoms with van der Waals surface area (Å²) in [6.45, 7) is 3.70. The van der Waals surface area contributed by atoms with Crippen LogP contribution in [0.25, 0.3) is 10.9 Å². The Kier molecular flexibility index (Phi) is 5.72. The molecule has 0 unspecified atom stereocenters. The summed E-state index contributed by atoms with van der Waals surface area (Å²) in [5, 5.41) is 3.80. The molecule has 5 heteroatoms. The first kappa shape index (κ1) is 16.2. The summed E-state index contributed by atoms with van der Waals surface area (Å²) in [6.07, 6.45) is 3.09. The van der Waals surface area contributed by atoms with E-state index < -0.39 is 0 Å². The zero-order chi connectivity index (χ0) is 15.9. The number of nitrogens with one attached hydrogen (secondary N) is 1. The van der Waals surface area contributed by atoms with Gasteiger partial charge in [-0.15, -0.1) is 0 Å². The van der Waals surface area contributed by atoms with E-state index in [1.165, 1.54) is 0 Å². The number of fused-ring (bicyclic) bond motifs is 1. The highest BCUT2D eigenvalue weighted by Crippen LogP contribution is 2.16. The van der Waals surface area contributed by atoms with Gasteiger partial charge >= 0.3 is 0 Å². The van der Waals surface area contributed by atoms with Gasteiger partial charge in [-0.2, -0.15) is 12.6 Å². The molecule has 0 saturated carbocycles. The van der Waals surface area contributed by atoms with Crippen molar-refractivity contribution in [2.75, 3.05) is 11.1 Å². The zero-order valence-electron chi connectivity index (χ0n) is 12.2. The first-order valence-electron chi connectivity index (χ1n) is 7.06. The largest absolute Gasteiger partial charge is 0.325 e. The second-order valence-corrected chi connectivity index (χ2v) is 5.32. The van der Waals surface area contributed by atoms with Crippen LogP contribution in [-0.4, -0.2) is 22.4 Å². The Bertz CT molecular complexity index is 713. The quantitative estimate of drug-likeness (QED) is 0.608. The summed E-state index contributed by atoms with van der Waals surface area (Å²) in [6, 6.07) is 9.62. The van der Waals surface area contributed by atoms with E-state index in [1.807, 2.05) is 30.3 Å². The number of rotatable bonds is 7.